The third kappa shape index (κ3) is 8.37. The number of hydrogen-bond acceptors (Lipinski definition) is 6. The molecule has 12 aliphatic rings. The Hall–Kier alpha value is 0.620. The standard InChI is InChI=1S/2C25H42NO2P/c2*1-6-16-26(17-7-1)29-27-22-14-12-18-8-2-4-10-20(18)24(22)25-21-11-5-3-9-19(21)13-15-23(25)28-29/h2*18-25H,1-17H2. The van der Waals surface area contributed by atoms with Gasteiger partial charge in [-0.15, -0.1) is 0 Å². The van der Waals surface area contributed by atoms with Crippen LogP contribution in [0.25, 0.3) is 0 Å². The lowest BCUT2D eigenvalue weighted by Crippen LogP contribution is -2.51. The van der Waals surface area contributed by atoms with Gasteiger partial charge in [0.05, 0.1) is 24.4 Å². The molecule has 328 valence electrons. The third-order valence-corrected chi connectivity index (χ3v) is 23.3. The highest BCUT2D eigenvalue weighted by molar-refractivity contribution is 7.44. The van der Waals surface area contributed by atoms with E-state index in [1.54, 1.807) is 0 Å². The molecule has 6 nitrogen and oxygen atoms in total. The van der Waals surface area contributed by atoms with E-state index >= 15 is 0 Å². The Bertz CT molecular complexity index is 1150. The summed E-state index contributed by atoms with van der Waals surface area (Å²) < 4.78 is 33.4. The van der Waals surface area contributed by atoms with E-state index in [1.807, 2.05) is 0 Å². The van der Waals surface area contributed by atoms with Crippen LogP contribution in [0, 0.1) is 71.0 Å². The van der Waals surface area contributed by atoms with Gasteiger partial charge in [0, 0.05) is 26.2 Å². The molecule has 4 heterocycles. The Balaban J connectivity index is 0.000000133. The molecule has 8 aliphatic carbocycles. The van der Waals surface area contributed by atoms with Gasteiger partial charge < -0.3 is 18.1 Å². The topological polar surface area (TPSA) is 43.4 Å². The van der Waals surface area contributed by atoms with Gasteiger partial charge in [0.2, 0.25) is 0 Å². The van der Waals surface area contributed by atoms with Crippen LogP contribution in [0.1, 0.15) is 193 Å². The molecule has 0 aromatic heterocycles. The molecule has 12 fully saturated rings. The first-order valence-corrected chi connectivity index (χ1v) is 28.8. The van der Waals surface area contributed by atoms with Crippen molar-refractivity contribution in [3.8, 4) is 0 Å². The molecule has 8 saturated carbocycles. The summed E-state index contributed by atoms with van der Waals surface area (Å²) in [5.41, 5.74) is 0. The quantitative estimate of drug-likeness (QED) is 0.258. The number of rotatable bonds is 2. The fourth-order valence-electron chi connectivity index (χ4n) is 17.3. The predicted molar refractivity (Wildman–Crippen MR) is 237 cm³/mol. The van der Waals surface area contributed by atoms with E-state index in [1.165, 1.54) is 219 Å². The molecule has 0 amide bonds. The molecule has 8 heteroatoms. The maximum Gasteiger partial charge on any atom is 0.259 e. The minimum absolute atomic E-state index is 0.498. The molecule has 16 unspecified atom stereocenters. The van der Waals surface area contributed by atoms with Crippen LogP contribution < -0.4 is 0 Å². The summed E-state index contributed by atoms with van der Waals surface area (Å²) in [6.07, 6.45) is 44.9. The van der Waals surface area contributed by atoms with Crippen LogP contribution in [0.3, 0.4) is 0 Å². The molecule has 4 aliphatic heterocycles. The van der Waals surface area contributed by atoms with E-state index in [2.05, 4.69) is 9.34 Å². The largest absolute Gasteiger partial charge is 0.318 e. The highest BCUT2D eigenvalue weighted by atomic mass is 31.2. The van der Waals surface area contributed by atoms with Crippen molar-refractivity contribution in [1.82, 2.24) is 9.34 Å². The van der Waals surface area contributed by atoms with Crippen molar-refractivity contribution < 1.29 is 18.1 Å². The maximum atomic E-state index is 7.04. The molecule has 0 spiro atoms. The lowest BCUT2D eigenvalue weighted by atomic mass is 9.53. The van der Waals surface area contributed by atoms with Gasteiger partial charge in [-0.05, 0) is 174 Å². The van der Waals surface area contributed by atoms with Gasteiger partial charge in [-0.1, -0.05) is 89.9 Å². The zero-order chi connectivity index (χ0) is 38.4. The second-order valence-corrected chi connectivity index (χ2v) is 25.5. The molecule has 0 aromatic rings. The average molecular weight is 839 g/mol. The SMILES string of the molecule is C1CCN(P2OC3CCC4CCCCC4C3C3C(CCC4CCCCC43)O2)CC1.C1CCN(P2OC3CCC4CCCCC4C3C3C(CCC4CCCCC43)O2)CC1. The minimum atomic E-state index is -0.820. The normalized spacial score (nSPS) is 51.1. The smallest absolute Gasteiger partial charge is 0.259 e. The Kier molecular flexibility index (Phi) is 13.5. The van der Waals surface area contributed by atoms with Gasteiger partial charge in [-0.2, -0.15) is 0 Å². The van der Waals surface area contributed by atoms with Crippen molar-refractivity contribution in [2.45, 2.75) is 217 Å². The molecular weight excluding hydrogens is 755 g/mol. The van der Waals surface area contributed by atoms with Crippen LogP contribution >= 0.6 is 17.1 Å². The first-order valence-electron chi connectivity index (χ1n) is 26.5. The van der Waals surface area contributed by atoms with Gasteiger partial charge in [-0.25, -0.2) is 9.34 Å². The number of hydrogen-bond donors (Lipinski definition) is 0. The second-order valence-electron chi connectivity index (χ2n) is 22.5. The monoisotopic (exact) mass is 839 g/mol. The lowest BCUT2D eigenvalue weighted by Gasteiger charge is -2.53. The van der Waals surface area contributed by atoms with E-state index in [-0.39, 0.29) is 0 Å². The van der Waals surface area contributed by atoms with Crippen LogP contribution in [-0.4, -0.2) is 59.9 Å². The van der Waals surface area contributed by atoms with E-state index in [0.29, 0.717) is 24.4 Å². The van der Waals surface area contributed by atoms with Gasteiger partial charge in [0.25, 0.3) is 17.1 Å². The molecule has 4 saturated heterocycles. The Morgan fingerprint density at radius 3 is 0.793 bits per heavy atom. The highest BCUT2D eigenvalue weighted by Crippen LogP contribution is 2.65. The minimum Gasteiger partial charge on any atom is -0.318 e. The first kappa shape index (κ1) is 41.3. The molecule has 12 rings (SSSR count). The van der Waals surface area contributed by atoms with Crippen molar-refractivity contribution in [1.29, 1.82) is 0 Å². The second kappa shape index (κ2) is 19.0. The summed E-state index contributed by atoms with van der Waals surface area (Å²) in [6.45, 7) is 4.83. The fraction of sp³-hybridized carbons (Fsp3) is 1.00. The molecule has 0 N–H and O–H groups in total. The van der Waals surface area contributed by atoms with Crippen molar-refractivity contribution in [2.75, 3.05) is 26.2 Å². The van der Waals surface area contributed by atoms with Crippen LogP contribution in [-0.2, 0) is 18.1 Å². The van der Waals surface area contributed by atoms with E-state index in [0.717, 1.165) is 71.0 Å². The first-order chi connectivity index (χ1) is 28.8. The summed E-state index contributed by atoms with van der Waals surface area (Å²) >= 11 is 0. The van der Waals surface area contributed by atoms with E-state index in [4.69, 9.17) is 18.1 Å². The van der Waals surface area contributed by atoms with Gasteiger partial charge >= 0.3 is 0 Å². The fourth-order valence-corrected chi connectivity index (χ4v) is 21.0. The summed E-state index contributed by atoms with van der Waals surface area (Å²) in [5, 5.41) is 0. The van der Waals surface area contributed by atoms with Gasteiger partial charge in [0.1, 0.15) is 0 Å². The van der Waals surface area contributed by atoms with Crippen molar-refractivity contribution >= 4 is 17.1 Å². The van der Waals surface area contributed by atoms with Crippen molar-refractivity contribution in [2.24, 2.45) is 71.0 Å². The zero-order valence-corrected chi connectivity index (χ0v) is 38.5. The molecule has 58 heavy (non-hydrogen) atoms. The Morgan fingerprint density at radius 2 is 0.517 bits per heavy atom. The third-order valence-electron chi connectivity index (χ3n) is 19.8. The number of piperidine rings is 2. The molecule has 16 atom stereocenters. The Labute approximate surface area is 357 Å². The molecular formula is C50H84N2O4P2. The number of nitrogens with zero attached hydrogens (tertiary/aromatic N) is 2. The van der Waals surface area contributed by atoms with E-state index < -0.39 is 17.1 Å². The average Bonchev–Trinajstić information content (AvgIpc) is 3.59. The predicted octanol–water partition coefficient (Wildman–Crippen LogP) is 13.8. The van der Waals surface area contributed by atoms with Gasteiger partial charge in [0.15, 0.2) is 0 Å². The van der Waals surface area contributed by atoms with Crippen LogP contribution in [0.15, 0.2) is 0 Å². The molecule has 0 radical (unpaired) electrons. The Morgan fingerprint density at radius 1 is 0.259 bits per heavy atom. The molecule has 0 bridgehead atoms. The van der Waals surface area contributed by atoms with Crippen LogP contribution in [0.5, 0.6) is 0 Å². The highest BCUT2D eigenvalue weighted by Gasteiger charge is 2.57. The summed E-state index contributed by atoms with van der Waals surface area (Å²) in [6, 6.07) is 0. The van der Waals surface area contributed by atoms with Crippen molar-refractivity contribution in [3.63, 3.8) is 0 Å². The number of fused-ring (bicyclic) bond motifs is 14. The summed E-state index contributed by atoms with van der Waals surface area (Å²) in [7, 11) is -1.64. The van der Waals surface area contributed by atoms with Crippen molar-refractivity contribution in [3.05, 3.63) is 0 Å². The maximum absolute atomic E-state index is 7.04. The van der Waals surface area contributed by atoms with Crippen LogP contribution in [0.4, 0.5) is 0 Å². The summed E-state index contributed by atoms with van der Waals surface area (Å²) in [4.78, 5) is 0. The lowest BCUT2D eigenvalue weighted by molar-refractivity contribution is -0.0856. The van der Waals surface area contributed by atoms with E-state index in [9.17, 15) is 0 Å². The zero-order valence-electron chi connectivity index (χ0n) is 36.7. The summed E-state index contributed by atoms with van der Waals surface area (Å²) in [5.74, 6) is 11.0. The van der Waals surface area contributed by atoms with Gasteiger partial charge in [-0.3, -0.25) is 0 Å². The van der Waals surface area contributed by atoms with Crippen LogP contribution in [0.2, 0.25) is 0 Å². The molecule has 0 aromatic carbocycles.